The average Bonchev–Trinajstić information content (AvgIpc) is 3.02. The number of aromatic nitrogens is 4. The van der Waals surface area contributed by atoms with Gasteiger partial charge in [0.2, 0.25) is 0 Å². The molecule has 1 aliphatic rings. The van der Waals surface area contributed by atoms with Crippen molar-refractivity contribution in [1.29, 1.82) is 0 Å². The highest BCUT2D eigenvalue weighted by Gasteiger charge is 2.20. The number of nitrogens with zero attached hydrogens (tertiary/aromatic N) is 3. The molecule has 124 valence electrons. The summed E-state index contributed by atoms with van der Waals surface area (Å²) in [6.45, 7) is 0. The number of halogens is 1. The molecule has 0 bridgehead atoms. The lowest BCUT2D eigenvalue weighted by molar-refractivity contribution is 0.335. The van der Waals surface area contributed by atoms with E-state index < -0.39 is 0 Å². The SMILES string of the molecule is O=c1[nH]c(Cc2ccccc2F)nc2c1cnn2C1CCCCC1. The van der Waals surface area contributed by atoms with Gasteiger partial charge in [-0.15, -0.1) is 0 Å². The van der Waals surface area contributed by atoms with E-state index in [9.17, 15) is 9.18 Å². The lowest BCUT2D eigenvalue weighted by Crippen LogP contribution is -2.17. The standard InChI is InChI=1S/C18H19FN4O/c19-15-9-5-4-6-12(15)10-16-21-17-14(18(24)22-16)11-20-23(17)13-7-2-1-3-8-13/h4-6,9,11,13H,1-3,7-8,10H2,(H,21,22,24). The van der Waals surface area contributed by atoms with Crippen LogP contribution in [0.1, 0.15) is 49.5 Å². The first-order valence-electron chi connectivity index (χ1n) is 8.42. The molecule has 6 heteroatoms. The van der Waals surface area contributed by atoms with E-state index in [2.05, 4.69) is 15.1 Å². The van der Waals surface area contributed by atoms with Crippen LogP contribution in [-0.4, -0.2) is 19.7 Å². The van der Waals surface area contributed by atoms with Crippen LogP contribution in [0.3, 0.4) is 0 Å². The van der Waals surface area contributed by atoms with E-state index in [4.69, 9.17) is 0 Å². The predicted octanol–water partition coefficient (Wildman–Crippen LogP) is 3.35. The van der Waals surface area contributed by atoms with Crippen molar-refractivity contribution in [2.45, 2.75) is 44.6 Å². The fourth-order valence-electron chi connectivity index (χ4n) is 3.48. The maximum atomic E-state index is 13.9. The quantitative estimate of drug-likeness (QED) is 0.803. The third-order valence-corrected chi connectivity index (χ3v) is 4.75. The topological polar surface area (TPSA) is 63.6 Å². The van der Waals surface area contributed by atoms with Gasteiger partial charge in [0, 0.05) is 6.42 Å². The minimum Gasteiger partial charge on any atom is -0.310 e. The first-order chi connectivity index (χ1) is 11.7. The van der Waals surface area contributed by atoms with Gasteiger partial charge in [-0.2, -0.15) is 5.10 Å². The summed E-state index contributed by atoms with van der Waals surface area (Å²) < 4.78 is 15.7. The molecule has 1 aliphatic carbocycles. The van der Waals surface area contributed by atoms with Gasteiger partial charge in [0.15, 0.2) is 5.65 Å². The molecule has 0 radical (unpaired) electrons. The first kappa shape index (κ1) is 15.1. The third-order valence-electron chi connectivity index (χ3n) is 4.75. The largest absolute Gasteiger partial charge is 0.310 e. The van der Waals surface area contributed by atoms with Crippen LogP contribution in [0.4, 0.5) is 4.39 Å². The van der Waals surface area contributed by atoms with Gasteiger partial charge in [-0.1, -0.05) is 37.5 Å². The summed E-state index contributed by atoms with van der Waals surface area (Å²) in [5.41, 5.74) is 0.911. The number of nitrogens with one attached hydrogen (secondary N) is 1. The maximum absolute atomic E-state index is 13.9. The number of H-pyrrole nitrogens is 1. The molecule has 24 heavy (non-hydrogen) atoms. The zero-order valence-electron chi connectivity index (χ0n) is 13.3. The van der Waals surface area contributed by atoms with Crippen molar-refractivity contribution in [1.82, 2.24) is 19.7 Å². The minimum absolute atomic E-state index is 0.214. The molecule has 0 spiro atoms. The molecular formula is C18H19FN4O. The van der Waals surface area contributed by atoms with Gasteiger partial charge in [0.25, 0.3) is 5.56 Å². The van der Waals surface area contributed by atoms with Crippen LogP contribution < -0.4 is 5.56 Å². The minimum atomic E-state index is -0.291. The summed E-state index contributed by atoms with van der Waals surface area (Å²) in [5.74, 6) is 0.177. The second kappa shape index (κ2) is 6.19. The van der Waals surface area contributed by atoms with Gasteiger partial charge in [-0.25, -0.2) is 14.1 Å². The van der Waals surface area contributed by atoms with Crippen LogP contribution in [0.2, 0.25) is 0 Å². The zero-order chi connectivity index (χ0) is 16.5. The third kappa shape index (κ3) is 2.72. The second-order valence-corrected chi connectivity index (χ2v) is 6.40. The van der Waals surface area contributed by atoms with E-state index in [-0.39, 0.29) is 17.8 Å². The van der Waals surface area contributed by atoms with Crippen molar-refractivity contribution >= 4 is 11.0 Å². The van der Waals surface area contributed by atoms with Crippen LogP contribution in [-0.2, 0) is 6.42 Å². The molecule has 1 N–H and O–H groups in total. The molecule has 2 heterocycles. The Morgan fingerprint density at radius 1 is 1.21 bits per heavy atom. The normalized spacial score (nSPS) is 15.9. The van der Waals surface area contributed by atoms with E-state index in [0.29, 0.717) is 28.5 Å². The summed E-state index contributed by atoms with van der Waals surface area (Å²) in [5, 5.41) is 4.90. The van der Waals surface area contributed by atoms with Crippen LogP contribution in [0.5, 0.6) is 0 Å². The Labute approximate surface area is 138 Å². The van der Waals surface area contributed by atoms with Gasteiger partial charge < -0.3 is 4.98 Å². The monoisotopic (exact) mass is 326 g/mol. The lowest BCUT2D eigenvalue weighted by atomic mass is 9.96. The Morgan fingerprint density at radius 2 is 2.00 bits per heavy atom. The highest BCUT2D eigenvalue weighted by Crippen LogP contribution is 2.29. The highest BCUT2D eigenvalue weighted by atomic mass is 19.1. The highest BCUT2D eigenvalue weighted by molar-refractivity contribution is 5.73. The number of benzene rings is 1. The van der Waals surface area contributed by atoms with Crippen molar-refractivity contribution in [2.75, 3.05) is 0 Å². The van der Waals surface area contributed by atoms with Gasteiger partial charge >= 0.3 is 0 Å². The summed E-state index contributed by atoms with van der Waals surface area (Å²) in [4.78, 5) is 19.7. The number of rotatable bonds is 3. The van der Waals surface area contributed by atoms with Crippen molar-refractivity contribution < 1.29 is 4.39 Å². The summed E-state index contributed by atoms with van der Waals surface area (Å²) in [7, 11) is 0. The van der Waals surface area contributed by atoms with Crippen LogP contribution in [0.25, 0.3) is 11.0 Å². The average molecular weight is 326 g/mol. The Hall–Kier alpha value is -2.50. The van der Waals surface area contributed by atoms with Crippen molar-refractivity contribution in [3.8, 4) is 0 Å². The van der Waals surface area contributed by atoms with Gasteiger partial charge in [-0.05, 0) is 24.5 Å². The maximum Gasteiger partial charge on any atom is 0.262 e. The zero-order valence-corrected chi connectivity index (χ0v) is 13.3. The smallest absolute Gasteiger partial charge is 0.262 e. The van der Waals surface area contributed by atoms with E-state index in [1.54, 1.807) is 24.4 Å². The lowest BCUT2D eigenvalue weighted by Gasteiger charge is -2.22. The molecule has 1 saturated carbocycles. The molecule has 1 fully saturated rings. The molecular weight excluding hydrogens is 307 g/mol. The van der Waals surface area contributed by atoms with Crippen molar-refractivity contribution in [2.24, 2.45) is 0 Å². The molecule has 0 unspecified atom stereocenters. The first-order valence-corrected chi connectivity index (χ1v) is 8.42. The Bertz CT molecular complexity index is 924. The van der Waals surface area contributed by atoms with E-state index in [1.807, 2.05) is 4.68 Å². The Kier molecular flexibility index (Phi) is 3.88. The molecule has 0 aliphatic heterocycles. The molecule has 3 aromatic rings. The Balaban J connectivity index is 1.75. The fraction of sp³-hybridized carbons (Fsp3) is 0.389. The summed E-state index contributed by atoms with van der Waals surface area (Å²) in [6.07, 6.45) is 7.58. The molecule has 0 amide bonds. The van der Waals surface area contributed by atoms with Crippen LogP contribution >= 0.6 is 0 Å². The fourth-order valence-corrected chi connectivity index (χ4v) is 3.48. The molecule has 2 aromatic heterocycles. The predicted molar refractivity (Wildman–Crippen MR) is 89.5 cm³/mol. The van der Waals surface area contributed by atoms with Crippen molar-refractivity contribution in [3.05, 3.63) is 58.0 Å². The second-order valence-electron chi connectivity index (χ2n) is 6.40. The van der Waals surface area contributed by atoms with Gasteiger partial charge in [0.05, 0.1) is 12.2 Å². The molecule has 0 atom stereocenters. The van der Waals surface area contributed by atoms with Crippen molar-refractivity contribution in [3.63, 3.8) is 0 Å². The number of hydrogen-bond acceptors (Lipinski definition) is 3. The van der Waals surface area contributed by atoms with Crippen LogP contribution in [0, 0.1) is 5.82 Å². The van der Waals surface area contributed by atoms with Gasteiger partial charge in [0.1, 0.15) is 17.0 Å². The number of hydrogen-bond donors (Lipinski definition) is 1. The van der Waals surface area contributed by atoms with E-state index in [1.165, 1.54) is 25.3 Å². The van der Waals surface area contributed by atoms with E-state index >= 15 is 0 Å². The molecule has 0 saturated heterocycles. The summed E-state index contributed by atoms with van der Waals surface area (Å²) >= 11 is 0. The van der Waals surface area contributed by atoms with Crippen LogP contribution in [0.15, 0.2) is 35.3 Å². The molecule has 4 rings (SSSR count). The molecule has 1 aromatic carbocycles. The number of aromatic amines is 1. The van der Waals surface area contributed by atoms with Gasteiger partial charge in [-0.3, -0.25) is 4.79 Å². The Morgan fingerprint density at radius 3 is 2.79 bits per heavy atom. The summed E-state index contributed by atoms with van der Waals surface area (Å²) in [6, 6.07) is 6.85. The molecule has 5 nitrogen and oxygen atoms in total. The van der Waals surface area contributed by atoms with E-state index in [0.717, 1.165) is 12.8 Å². The number of fused-ring (bicyclic) bond motifs is 1.